The molecule has 0 saturated carbocycles. The van der Waals surface area contributed by atoms with E-state index < -0.39 is 6.16 Å². The first-order valence-electron chi connectivity index (χ1n) is 7.34. The Bertz CT molecular complexity index is 523. The van der Waals surface area contributed by atoms with E-state index in [-0.39, 0.29) is 121 Å². The van der Waals surface area contributed by atoms with Crippen molar-refractivity contribution in [3.63, 3.8) is 0 Å². The zero-order valence-electron chi connectivity index (χ0n) is 14.7. The quantitative estimate of drug-likeness (QED) is 0.459. The molecule has 0 aromatic heterocycles. The first-order chi connectivity index (χ1) is 11.0. The van der Waals surface area contributed by atoms with Gasteiger partial charge in [-0.05, 0) is 24.6 Å². The number of hydrogen-bond acceptors (Lipinski definition) is 6. The Kier molecular flexibility index (Phi) is 18.8. The molecule has 1 saturated heterocycles. The van der Waals surface area contributed by atoms with Crippen LogP contribution in [0.25, 0.3) is 0 Å². The fraction of sp³-hybridized carbons (Fsp3) is 0.438. The first-order valence-corrected chi connectivity index (χ1v) is 7.34. The third kappa shape index (κ3) is 14.4. The predicted octanol–water partition coefficient (Wildman–Crippen LogP) is -5.67. The van der Waals surface area contributed by atoms with E-state index in [0.717, 1.165) is 18.4 Å². The van der Waals surface area contributed by atoms with Gasteiger partial charge in [0.15, 0.2) is 0 Å². The van der Waals surface area contributed by atoms with Gasteiger partial charge in [-0.3, -0.25) is 4.79 Å². The fourth-order valence-electron chi connectivity index (χ4n) is 2.11. The maximum atomic E-state index is 11.9. The summed E-state index contributed by atoms with van der Waals surface area (Å²) < 4.78 is 5.27. The van der Waals surface area contributed by atoms with Gasteiger partial charge in [0.1, 0.15) is 12.4 Å². The van der Waals surface area contributed by atoms with Crippen molar-refractivity contribution in [2.45, 2.75) is 32.3 Å². The zero-order chi connectivity index (χ0) is 17.1. The number of carbonyl (C=O) groups is 3. The summed E-state index contributed by atoms with van der Waals surface area (Å²) >= 11 is 0. The normalized spacial score (nSPS) is 13.6. The van der Waals surface area contributed by atoms with Crippen LogP contribution in [0.1, 0.15) is 31.2 Å². The van der Waals surface area contributed by atoms with Crippen molar-refractivity contribution in [3.8, 4) is 0 Å². The van der Waals surface area contributed by atoms with Crippen molar-refractivity contribution in [3.05, 3.63) is 35.9 Å². The SMILES string of the molecule is O=C([O-])[O-].O=C1CCCCN(C(=O)OCc2ccccc2)CC1.[K+].[K+]. The van der Waals surface area contributed by atoms with E-state index in [1.165, 1.54) is 0 Å². The minimum Gasteiger partial charge on any atom is -0.652 e. The summed E-state index contributed by atoms with van der Waals surface area (Å²) in [6, 6.07) is 9.60. The van der Waals surface area contributed by atoms with Crippen LogP contribution < -0.4 is 113 Å². The van der Waals surface area contributed by atoms with Crippen LogP contribution >= 0.6 is 0 Å². The smallest absolute Gasteiger partial charge is 0.652 e. The largest absolute Gasteiger partial charge is 1.00 e. The van der Waals surface area contributed by atoms with Crippen molar-refractivity contribution >= 4 is 18.0 Å². The molecule has 0 atom stereocenters. The van der Waals surface area contributed by atoms with Crippen molar-refractivity contribution in [2.75, 3.05) is 13.1 Å². The molecule has 7 nitrogen and oxygen atoms in total. The zero-order valence-corrected chi connectivity index (χ0v) is 21.0. The van der Waals surface area contributed by atoms with Crippen molar-refractivity contribution in [1.29, 1.82) is 0 Å². The Morgan fingerprint density at radius 3 is 2.20 bits per heavy atom. The van der Waals surface area contributed by atoms with E-state index in [1.807, 2.05) is 30.3 Å². The summed E-state index contributed by atoms with van der Waals surface area (Å²) in [5.74, 6) is 0.237. The van der Waals surface area contributed by atoms with Gasteiger partial charge in [0.05, 0.1) is 0 Å². The minimum absolute atomic E-state index is 0. The van der Waals surface area contributed by atoms with Crippen molar-refractivity contribution < 1.29 is 132 Å². The summed E-state index contributed by atoms with van der Waals surface area (Å²) in [7, 11) is 0. The van der Waals surface area contributed by atoms with Gasteiger partial charge in [0.2, 0.25) is 0 Å². The van der Waals surface area contributed by atoms with Gasteiger partial charge in [0, 0.05) is 25.9 Å². The average Bonchev–Trinajstić information content (AvgIpc) is 2.49. The summed E-state index contributed by atoms with van der Waals surface area (Å²) in [5.41, 5.74) is 0.971. The summed E-state index contributed by atoms with van der Waals surface area (Å²) in [5, 5.41) is 16.7. The van der Waals surface area contributed by atoms with Crippen LogP contribution in [0.15, 0.2) is 30.3 Å². The monoisotopic (exact) mass is 399 g/mol. The number of benzene rings is 1. The molecule has 1 heterocycles. The maximum Gasteiger partial charge on any atom is 1.00 e. The number of likely N-dealkylation sites (tertiary alicyclic amines) is 1. The van der Waals surface area contributed by atoms with Gasteiger partial charge >= 0.3 is 109 Å². The second-order valence-corrected chi connectivity index (χ2v) is 5.02. The molecule has 1 amide bonds. The van der Waals surface area contributed by atoms with Gasteiger partial charge in [-0.2, -0.15) is 0 Å². The molecule has 0 spiro atoms. The Morgan fingerprint density at radius 1 is 1.00 bits per heavy atom. The third-order valence-electron chi connectivity index (χ3n) is 3.26. The van der Waals surface area contributed by atoms with E-state index in [1.54, 1.807) is 4.90 Å². The molecule has 0 N–H and O–H groups in total. The molecule has 0 bridgehead atoms. The minimum atomic E-state index is -2.33. The topological polar surface area (TPSA) is 110 Å². The second kappa shape index (κ2) is 16.8. The molecule has 1 aliphatic heterocycles. The summed E-state index contributed by atoms with van der Waals surface area (Å²) in [6.07, 6.45) is 0.166. The van der Waals surface area contributed by atoms with Gasteiger partial charge in [-0.25, -0.2) is 4.79 Å². The number of hydrogen-bond donors (Lipinski definition) is 0. The molecule has 0 aliphatic carbocycles. The molecule has 1 fully saturated rings. The standard InChI is InChI=1S/C15H19NO3.CH2O3.2K/c17-14-8-4-5-10-16(11-9-14)15(18)19-12-13-6-2-1-3-7-13;2-1(3)4;;/h1-3,6-7H,4-5,8-12H2;(H2,2,3,4);;/q;;2*+1/p-2. The number of carboxylic acid groups (broad SMARTS) is 2. The van der Waals surface area contributed by atoms with Gasteiger partial charge in [-0.1, -0.05) is 30.3 Å². The van der Waals surface area contributed by atoms with E-state index in [9.17, 15) is 9.59 Å². The number of amides is 1. The van der Waals surface area contributed by atoms with E-state index in [4.69, 9.17) is 19.7 Å². The number of nitrogens with zero attached hydrogens (tertiary/aromatic N) is 1. The Balaban J connectivity index is 0. The molecule has 25 heavy (non-hydrogen) atoms. The van der Waals surface area contributed by atoms with E-state index in [2.05, 4.69) is 0 Å². The molecular weight excluding hydrogens is 380 g/mol. The third-order valence-corrected chi connectivity index (χ3v) is 3.26. The van der Waals surface area contributed by atoms with Gasteiger partial charge in [-0.15, -0.1) is 0 Å². The van der Waals surface area contributed by atoms with Crippen LogP contribution in [0.2, 0.25) is 0 Å². The molecule has 1 aromatic rings. The van der Waals surface area contributed by atoms with Gasteiger partial charge in [0.25, 0.3) is 0 Å². The molecule has 1 aromatic carbocycles. The molecule has 2 rings (SSSR count). The van der Waals surface area contributed by atoms with Crippen molar-refractivity contribution in [2.24, 2.45) is 0 Å². The number of Topliss-reactive ketones (excluding diaryl/α,β-unsaturated/α-hetero) is 1. The van der Waals surface area contributed by atoms with Crippen LogP contribution in [0, 0.1) is 0 Å². The Morgan fingerprint density at radius 2 is 1.60 bits per heavy atom. The summed E-state index contributed by atoms with van der Waals surface area (Å²) in [6.45, 7) is 1.44. The number of ether oxygens (including phenoxy) is 1. The maximum absolute atomic E-state index is 11.9. The second-order valence-electron chi connectivity index (χ2n) is 5.02. The number of carbonyl (C=O) groups excluding carboxylic acids is 3. The first kappa shape index (κ1) is 27.9. The van der Waals surface area contributed by atoms with E-state index >= 15 is 0 Å². The Labute approximate surface area is 232 Å². The molecule has 0 unspecified atom stereocenters. The summed E-state index contributed by atoms with van der Waals surface area (Å²) in [4.78, 5) is 33.3. The van der Waals surface area contributed by atoms with Crippen LogP contribution in [-0.2, 0) is 16.1 Å². The van der Waals surface area contributed by atoms with Gasteiger partial charge < -0.3 is 24.6 Å². The molecule has 126 valence electrons. The molecule has 9 heteroatoms. The molecule has 1 aliphatic rings. The fourth-order valence-corrected chi connectivity index (χ4v) is 2.11. The molecule has 0 radical (unpaired) electrons. The number of ketones is 1. The van der Waals surface area contributed by atoms with Crippen LogP contribution in [-0.4, -0.2) is 36.0 Å². The molecular formula is C16H19K2NO6. The Hall–Kier alpha value is 0.703. The van der Waals surface area contributed by atoms with Crippen LogP contribution in [0.5, 0.6) is 0 Å². The van der Waals surface area contributed by atoms with E-state index in [0.29, 0.717) is 25.9 Å². The average molecular weight is 400 g/mol. The predicted molar refractivity (Wildman–Crippen MR) is 77.1 cm³/mol. The number of rotatable bonds is 2. The van der Waals surface area contributed by atoms with Crippen LogP contribution in [0.4, 0.5) is 9.59 Å². The van der Waals surface area contributed by atoms with Crippen molar-refractivity contribution in [1.82, 2.24) is 4.90 Å². The van der Waals surface area contributed by atoms with Crippen LogP contribution in [0.3, 0.4) is 0 Å².